The van der Waals surface area contributed by atoms with Crippen LogP contribution in [-0.2, 0) is 24.4 Å². The molecule has 8 nitrogen and oxygen atoms in total. The molecule has 0 aliphatic rings. The Morgan fingerprint density at radius 3 is 1.89 bits per heavy atom. The van der Waals surface area contributed by atoms with Crippen molar-refractivity contribution in [3.63, 3.8) is 0 Å². The number of fused-ring (bicyclic) bond motifs is 1. The minimum absolute atomic E-state index is 0.127. The van der Waals surface area contributed by atoms with E-state index in [2.05, 4.69) is 10.2 Å². The Labute approximate surface area is 216 Å². The monoisotopic (exact) mass is 500 g/mol. The normalized spacial score (nSPS) is 10.8. The molecule has 1 amide bonds. The maximum atomic E-state index is 12.5. The van der Waals surface area contributed by atoms with E-state index < -0.39 is 0 Å². The van der Waals surface area contributed by atoms with Crippen LogP contribution in [0.25, 0.3) is 11.0 Å². The smallest absolute Gasteiger partial charge is 0.228 e. The maximum absolute atomic E-state index is 12.5. The number of rotatable bonds is 9. The van der Waals surface area contributed by atoms with Crippen molar-refractivity contribution in [1.29, 1.82) is 0 Å². The summed E-state index contributed by atoms with van der Waals surface area (Å²) in [5.41, 5.74) is 5.29. The maximum Gasteiger partial charge on any atom is 0.228 e. The molecule has 0 saturated carbocycles. The van der Waals surface area contributed by atoms with Crippen LogP contribution in [0.3, 0.4) is 0 Å². The van der Waals surface area contributed by atoms with Gasteiger partial charge in [0.15, 0.2) is 0 Å². The highest BCUT2D eigenvalue weighted by atomic mass is 16.5. The lowest BCUT2D eigenvalue weighted by Crippen LogP contribution is -2.24. The molecular weight excluding hydrogens is 468 g/mol. The SMILES string of the molecule is COc1ccc(CN(Cc2ccc(OC)cc2)c2nc3cc(CNC(C)=O)n(C(C)=O)c3cc2C)cc1. The van der Waals surface area contributed by atoms with Gasteiger partial charge in [-0.05, 0) is 60.0 Å². The van der Waals surface area contributed by atoms with E-state index in [1.165, 1.54) is 13.8 Å². The number of aryl methyl sites for hydroxylation is 1. The van der Waals surface area contributed by atoms with E-state index in [4.69, 9.17) is 14.5 Å². The van der Waals surface area contributed by atoms with Gasteiger partial charge in [0.25, 0.3) is 0 Å². The molecule has 8 heteroatoms. The summed E-state index contributed by atoms with van der Waals surface area (Å²) in [5, 5.41) is 2.78. The third kappa shape index (κ3) is 5.91. The number of anilines is 1. The van der Waals surface area contributed by atoms with Gasteiger partial charge in [0.05, 0.1) is 31.8 Å². The molecular formula is C29H32N4O4. The number of ether oxygens (including phenoxy) is 2. The van der Waals surface area contributed by atoms with Crippen molar-refractivity contribution < 1.29 is 19.1 Å². The number of aromatic nitrogens is 2. The highest BCUT2D eigenvalue weighted by Gasteiger charge is 2.19. The average molecular weight is 501 g/mol. The Bertz CT molecular complexity index is 1360. The van der Waals surface area contributed by atoms with Gasteiger partial charge in [-0.25, -0.2) is 4.98 Å². The van der Waals surface area contributed by atoms with Crippen molar-refractivity contribution in [3.05, 3.63) is 83.0 Å². The van der Waals surface area contributed by atoms with Gasteiger partial charge in [-0.1, -0.05) is 24.3 Å². The van der Waals surface area contributed by atoms with Crippen molar-refractivity contribution in [2.24, 2.45) is 0 Å². The molecule has 4 aromatic rings. The molecule has 2 aromatic heterocycles. The van der Waals surface area contributed by atoms with Crippen molar-refractivity contribution in [1.82, 2.24) is 14.9 Å². The number of hydrogen-bond acceptors (Lipinski definition) is 6. The Morgan fingerprint density at radius 1 is 0.892 bits per heavy atom. The van der Waals surface area contributed by atoms with Gasteiger partial charge in [-0.3, -0.25) is 14.2 Å². The van der Waals surface area contributed by atoms with E-state index in [1.807, 2.05) is 67.6 Å². The van der Waals surface area contributed by atoms with Gasteiger partial charge >= 0.3 is 0 Å². The molecule has 0 saturated heterocycles. The fraction of sp³-hybridized carbons (Fsp3) is 0.276. The largest absolute Gasteiger partial charge is 0.497 e. The first-order valence-electron chi connectivity index (χ1n) is 12.1. The third-order valence-electron chi connectivity index (χ3n) is 6.22. The molecule has 192 valence electrons. The van der Waals surface area contributed by atoms with Crippen molar-refractivity contribution in [3.8, 4) is 11.5 Å². The first kappa shape index (κ1) is 25.8. The summed E-state index contributed by atoms with van der Waals surface area (Å²) in [6.45, 7) is 6.48. The summed E-state index contributed by atoms with van der Waals surface area (Å²) in [6, 6.07) is 19.8. The number of pyridine rings is 1. The molecule has 1 N–H and O–H groups in total. The van der Waals surface area contributed by atoms with Gasteiger partial charge in [0.2, 0.25) is 11.8 Å². The van der Waals surface area contributed by atoms with Crippen LogP contribution < -0.4 is 19.7 Å². The predicted octanol–water partition coefficient (Wildman–Crippen LogP) is 4.86. The van der Waals surface area contributed by atoms with Gasteiger partial charge in [-0.15, -0.1) is 0 Å². The van der Waals surface area contributed by atoms with Gasteiger partial charge < -0.3 is 19.7 Å². The summed E-state index contributed by atoms with van der Waals surface area (Å²) in [5.74, 6) is 2.15. The highest BCUT2D eigenvalue weighted by molar-refractivity contribution is 5.92. The van der Waals surface area contributed by atoms with E-state index >= 15 is 0 Å². The molecule has 0 spiro atoms. The lowest BCUT2D eigenvalue weighted by Gasteiger charge is -2.26. The predicted molar refractivity (Wildman–Crippen MR) is 144 cm³/mol. The van der Waals surface area contributed by atoms with Crippen molar-refractivity contribution in [2.45, 2.75) is 40.4 Å². The zero-order valence-corrected chi connectivity index (χ0v) is 21.9. The molecule has 0 fully saturated rings. The first-order valence-corrected chi connectivity index (χ1v) is 12.1. The fourth-order valence-corrected chi connectivity index (χ4v) is 4.41. The lowest BCUT2D eigenvalue weighted by molar-refractivity contribution is -0.119. The topological polar surface area (TPSA) is 85.7 Å². The third-order valence-corrected chi connectivity index (χ3v) is 6.22. The van der Waals surface area contributed by atoms with Crippen LogP contribution in [-0.4, -0.2) is 35.6 Å². The minimum atomic E-state index is -0.157. The number of benzene rings is 2. The lowest BCUT2D eigenvalue weighted by atomic mass is 10.1. The van der Waals surface area contributed by atoms with Crippen LogP contribution in [0.4, 0.5) is 5.82 Å². The summed E-state index contributed by atoms with van der Waals surface area (Å²) in [4.78, 5) is 31.2. The van der Waals surface area contributed by atoms with E-state index in [0.29, 0.717) is 24.3 Å². The van der Waals surface area contributed by atoms with Gasteiger partial charge in [-0.2, -0.15) is 0 Å². The highest BCUT2D eigenvalue weighted by Crippen LogP contribution is 2.29. The zero-order chi connectivity index (χ0) is 26.5. The summed E-state index contributed by atoms with van der Waals surface area (Å²) >= 11 is 0. The molecule has 2 aromatic carbocycles. The molecule has 4 rings (SSSR count). The zero-order valence-electron chi connectivity index (χ0n) is 21.9. The standard InChI is InChI=1S/C29H32N4O4/c1-19-14-28-27(15-24(16-30-20(2)34)33(28)21(3)35)31-29(19)32(17-22-6-10-25(36-4)11-7-22)18-23-8-12-26(37-5)13-9-23/h6-15H,16-18H2,1-5H3,(H,30,34). The van der Waals surface area contributed by atoms with Gasteiger partial charge in [0, 0.05) is 32.6 Å². The van der Waals surface area contributed by atoms with Crippen LogP contribution in [0.15, 0.2) is 60.7 Å². The van der Waals surface area contributed by atoms with Crippen molar-refractivity contribution in [2.75, 3.05) is 19.1 Å². The fourth-order valence-electron chi connectivity index (χ4n) is 4.41. The Kier molecular flexibility index (Phi) is 7.77. The molecule has 37 heavy (non-hydrogen) atoms. The van der Waals surface area contributed by atoms with E-state index in [1.54, 1.807) is 18.8 Å². The molecule has 0 unspecified atom stereocenters. The minimum Gasteiger partial charge on any atom is -0.497 e. The second-order valence-electron chi connectivity index (χ2n) is 8.99. The number of hydrogen-bond donors (Lipinski definition) is 1. The Balaban J connectivity index is 1.76. The summed E-state index contributed by atoms with van der Waals surface area (Å²) < 4.78 is 12.3. The van der Waals surface area contributed by atoms with Crippen LogP contribution >= 0.6 is 0 Å². The molecule has 0 aliphatic carbocycles. The number of nitrogens with one attached hydrogen (secondary N) is 1. The second kappa shape index (κ2) is 11.2. The number of carbonyl (C=O) groups excluding carboxylic acids is 2. The van der Waals surface area contributed by atoms with Crippen LogP contribution in [0.5, 0.6) is 11.5 Å². The molecule has 0 bridgehead atoms. The number of carbonyl (C=O) groups is 2. The summed E-state index contributed by atoms with van der Waals surface area (Å²) in [7, 11) is 3.31. The van der Waals surface area contributed by atoms with Gasteiger partial charge in [0.1, 0.15) is 17.3 Å². The summed E-state index contributed by atoms with van der Waals surface area (Å²) in [6.07, 6.45) is 0. The van der Waals surface area contributed by atoms with E-state index in [0.717, 1.165) is 39.5 Å². The number of nitrogens with zero attached hydrogens (tertiary/aromatic N) is 3. The van der Waals surface area contributed by atoms with Crippen LogP contribution in [0.2, 0.25) is 0 Å². The molecule has 0 radical (unpaired) electrons. The van der Waals surface area contributed by atoms with Crippen LogP contribution in [0, 0.1) is 6.92 Å². The molecule has 0 atom stereocenters. The Morgan fingerprint density at radius 2 is 1.43 bits per heavy atom. The second-order valence-corrected chi connectivity index (χ2v) is 8.99. The van der Waals surface area contributed by atoms with E-state index in [-0.39, 0.29) is 18.4 Å². The molecule has 0 aliphatic heterocycles. The van der Waals surface area contributed by atoms with Crippen molar-refractivity contribution >= 4 is 28.7 Å². The first-order chi connectivity index (χ1) is 17.8. The molecule has 2 heterocycles. The number of methoxy groups -OCH3 is 2. The quantitative estimate of drug-likeness (QED) is 0.353. The Hall–Kier alpha value is -4.33. The average Bonchev–Trinajstić information content (AvgIpc) is 3.25. The van der Waals surface area contributed by atoms with Crippen LogP contribution in [0.1, 0.15) is 41.0 Å². The number of amides is 1. The van der Waals surface area contributed by atoms with E-state index in [9.17, 15) is 9.59 Å².